The fourth-order valence-electron chi connectivity index (χ4n) is 1.17. The highest BCUT2D eigenvalue weighted by atomic mass is 16.6. The molecular formula is C11H22N2O4. The van der Waals surface area contributed by atoms with Gasteiger partial charge in [-0.15, -0.1) is 0 Å². The van der Waals surface area contributed by atoms with E-state index in [0.29, 0.717) is 25.9 Å². The summed E-state index contributed by atoms with van der Waals surface area (Å²) in [6.07, 6.45) is 0.180. The third-order valence-corrected chi connectivity index (χ3v) is 2.12. The molecule has 6 heteroatoms. The van der Waals surface area contributed by atoms with Gasteiger partial charge in [-0.2, -0.15) is 0 Å². The van der Waals surface area contributed by atoms with Gasteiger partial charge >= 0.3 is 11.9 Å². The minimum atomic E-state index is -0.771. The first-order valence-corrected chi connectivity index (χ1v) is 5.72. The van der Waals surface area contributed by atoms with E-state index >= 15 is 0 Å². The minimum Gasteiger partial charge on any atom is -0.393 e. The first kappa shape index (κ1) is 16.0. The number of hydrogen-bond acceptors (Lipinski definition) is 6. The van der Waals surface area contributed by atoms with E-state index in [1.165, 1.54) is 0 Å². The van der Waals surface area contributed by atoms with Crippen LogP contribution in [0.25, 0.3) is 0 Å². The average Bonchev–Trinajstić information content (AvgIpc) is 2.23. The van der Waals surface area contributed by atoms with Crippen molar-refractivity contribution in [3.8, 4) is 0 Å². The van der Waals surface area contributed by atoms with Gasteiger partial charge < -0.3 is 20.5 Å². The normalized spacial score (nSPS) is 12.5. The summed E-state index contributed by atoms with van der Waals surface area (Å²) >= 11 is 0. The predicted molar refractivity (Wildman–Crippen MR) is 63.2 cm³/mol. The van der Waals surface area contributed by atoms with Crippen molar-refractivity contribution in [3.05, 3.63) is 0 Å². The minimum absolute atomic E-state index is 0.135. The Morgan fingerprint density at radius 1 is 1.35 bits per heavy atom. The molecule has 0 aromatic carbocycles. The quantitative estimate of drug-likeness (QED) is 0.443. The average molecular weight is 246 g/mol. The van der Waals surface area contributed by atoms with Gasteiger partial charge in [0, 0.05) is 6.42 Å². The third-order valence-electron chi connectivity index (χ3n) is 2.12. The Kier molecular flexibility index (Phi) is 8.57. The number of hydrogen-bond donors (Lipinski definition) is 2. The molecule has 0 radical (unpaired) electrons. The molecule has 0 aliphatic heterocycles. The first-order chi connectivity index (χ1) is 7.95. The van der Waals surface area contributed by atoms with Crippen molar-refractivity contribution < 1.29 is 19.4 Å². The molecule has 0 aliphatic rings. The number of aliphatic hydroxyl groups excluding tert-OH is 1. The van der Waals surface area contributed by atoms with Crippen molar-refractivity contribution in [1.82, 2.24) is 4.90 Å². The highest BCUT2D eigenvalue weighted by molar-refractivity contribution is 5.85. The summed E-state index contributed by atoms with van der Waals surface area (Å²) in [4.78, 5) is 24.2. The van der Waals surface area contributed by atoms with Crippen molar-refractivity contribution in [2.45, 2.75) is 31.8 Å². The molecule has 0 saturated heterocycles. The fraction of sp³-hybridized carbons (Fsp3) is 0.818. The smallest absolute Gasteiger partial charge is 0.316 e. The Balaban J connectivity index is 3.73. The molecule has 1 atom stereocenters. The second kappa shape index (κ2) is 9.09. The Bertz CT molecular complexity index is 244. The van der Waals surface area contributed by atoms with E-state index in [2.05, 4.69) is 4.74 Å². The van der Waals surface area contributed by atoms with Crippen molar-refractivity contribution in [2.75, 3.05) is 27.2 Å². The Morgan fingerprint density at radius 2 is 2.00 bits per heavy atom. The number of ether oxygens (including phenoxy) is 1. The molecule has 6 nitrogen and oxygen atoms in total. The molecule has 0 amide bonds. The van der Waals surface area contributed by atoms with Gasteiger partial charge in [-0.25, -0.2) is 0 Å². The van der Waals surface area contributed by atoms with E-state index < -0.39 is 18.0 Å². The number of rotatable bonds is 8. The molecule has 0 aromatic heterocycles. The standard InChI is InChI=1S/C11H22N2O4/c1-13(2)7-5-9(14)8-11(16)17-10(15)4-3-6-12/h9,14H,3-8,12H2,1-2H3/t9-/m0/s1. The SMILES string of the molecule is CN(C)CC[C@H](O)CC(=O)OC(=O)CCCN. The van der Waals surface area contributed by atoms with Crippen LogP contribution >= 0.6 is 0 Å². The van der Waals surface area contributed by atoms with Crippen LogP contribution in [0.4, 0.5) is 0 Å². The fourth-order valence-corrected chi connectivity index (χ4v) is 1.17. The van der Waals surface area contributed by atoms with Crippen LogP contribution in [0.1, 0.15) is 25.7 Å². The van der Waals surface area contributed by atoms with Crippen LogP contribution in [-0.2, 0) is 14.3 Å². The lowest BCUT2D eigenvalue weighted by atomic mass is 10.2. The Labute approximate surface area is 102 Å². The molecule has 0 aliphatic carbocycles. The molecule has 0 unspecified atom stereocenters. The van der Waals surface area contributed by atoms with Crippen LogP contribution in [0.5, 0.6) is 0 Å². The summed E-state index contributed by atoms with van der Waals surface area (Å²) in [7, 11) is 3.75. The maximum absolute atomic E-state index is 11.2. The maximum atomic E-state index is 11.2. The second-order valence-corrected chi connectivity index (χ2v) is 4.19. The molecule has 0 heterocycles. The Hall–Kier alpha value is -0.980. The van der Waals surface area contributed by atoms with Gasteiger partial charge in [0.25, 0.3) is 0 Å². The van der Waals surface area contributed by atoms with Crippen molar-refractivity contribution in [1.29, 1.82) is 0 Å². The zero-order valence-corrected chi connectivity index (χ0v) is 10.5. The monoisotopic (exact) mass is 246 g/mol. The van der Waals surface area contributed by atoms with Gasteiger partial charge in [0.05, 0.1) is 12.5 Å². The van der Waals surface area contributed by atoms with Crippen LogP contribution < -0.4 is 5.73 Å². The second-order valence-electron chi connectivity index (χ2n) is 4.19. The lowest BCUT2D eigenvalue weighted by Crippen LogP contribution is -2.23. The summed E-state index contributed by atoms with van der Waals surface area (Å²) in [6, 6.07) is 0. The maximum Gasteiger partial charge on any atom is 0.316 e. The van der Waals surface area contributed by atoms with E-state index in [-0.39, 0.29) is 12.8 Å². The summed E-state index contributed by atoms with van der Waals surface area (Å²) in [5, 5.41) is 9.50. The number of carbonyl (C=O) groups excluding carboxylic acids is 2. The number of carbonyl (C=O) groups is 2. The van der Waals surface area contributed by atoms with Gasteiger partial charge in [0.15, 0.2) is 0 Å². The number of esters is 2. The molecule has 3 N–H and O–H groups in total. The number of nitrogens with zero attached hydrogens (tertiary/aromatic N) is 1. The number of nitrogens with two attached hydrogens (primary N) is 1. The first-order valence-electron chi connectivity index (χ1n) is 5.72. The molecule has 0 saturated carbocycles. The van der Waals surface area contributed by atoms with Gasteiger partial charge in [-0.3, -0.25) is 9.59 Å². The molecule has 100 valence electrons. The summed E-state index contributed by atoms with van der Waals surface area (Å²) in [5.41, 5.74) is 5.22. The van der Waals surface area contributed by atoms with Gasteiger partial charge in [-0.1, -0.05) is 0 Å². The molecule has 17 heavy (non-hydrogen) atoms. The van der Waals surface area contributed by atoms with Gasteiger partial charge in [0.1, 0.15) is 0 Å². The highest BCUT2D eigenvalue weighted by Gasteiger charge is 2.15. The Morgan fingerprint density at radius 3 is 2.53 bits per heavy atom. The molecule has 0 rings (SSSR count). The van der Waals surface area contributed by atoms with Gasteiger partial charge in [-0.05, 0) is 40.0 Å². The van der Waals surface area contributed by atoms with Crippen LogP contribution in [0.2, 0.25) is 0 Å². The zero-order valence-electron chi connectivity index (χ0n) is 10.5. The van der Waals surface area contributed by atoms with E-state index in [0.717, 1.165) is 0 Å². The van der Waals surface area contributed by atoms with Gasteiger partial charge in [0.2, 0.25) is 0 Å². The van der Waals surface area contributed by atoms with Crippen LogP contribution in [0, 0.1) is 0 Å². The molecule has 0 bridgehead atoms. The van der Waals surface area contributed by atoms with E-state index in [1.54, 1.807) is 0 Å². The molecular weight excluding hydrogens is 224 g/mol. The van der Waals surface area contributed by atoms with Crippen molar-refractivity contribution >= 4 is 11.9 Å². The summed E-state index contributed by atoms with van der Waals surface area (Å²) in [6.45, 7) is 1.06. The summed E-state index contributed by atoms with van der Waals surface area (Å²) in [5.74, 6) is -1.27. The van der Waals surface area contributed by atoms with Crippen LogP contribution in [0.3, 0.4) is 0 Å². The van der Waals surface area contributed by atoms with E-state index in [4.69, 9.17) is 5.73 Å². The molecule has 0 aromatic rings. The highest BCUT2D eigenvalue weighted by Crippen LogP contribution is 2.02. The third kappa shape index (κ3) is 9.92. The lowest BCUT2D eigenvalue weighted by Gasteiger charge is -2.13. The van der Waals surface area contributed by atoms with Crippen LogP contribution in [0.15, 0.2) is 0 Å². The van der Waals surface area contributed by atoms with E-state index in [1.807, 2.05) is 19.0 Å². The number of aliphatic hydroxyl groups is 1. The zero-order chi connectivity index (χ0) is 13.3. The van der Waals surface area contributed by atoms with Crippen LogP contribution in [-0.4, -0.2) is 55.2 Å². The predicted octanol–water partition coefficient (Wildman–Crippen LogP) is -0.502. The van der Waals surface area contributed by atoms with E-state index in [9.17, 15) is 14.7 Å². The van der Waals surface area contributed by atoms with Crippen molar-refractivity contribution in [2.24, 2.45) is 5.73 Å². The van der Waals surface area contributed by atoms with Crippen molar-refractivity contribution in [3.63, 3.8) is 0 Å². The topological polar surface area (TPSA) is 92.9 Å². The largest absolute Gasteiger partial charge is 0.393 e. The lowest BCUT2D eigenvalue weighted by molar-refractivity contribution is -0.160. The molecule has 0 fully saturated rings. The molecule has 0 spiro atoms. The summed E-state index contributed by atoms with van der Waals surface area (Å²) < 4.78 is 4.52.